The number of hydrogen-bond acceptors (Lipinski definition) is 5. The van der Waals surface area contributed by atoms with E-state index >= 15 is 0 Å². The van der Waals surface area contributed by atoms with Crippen LogP contribution in [0.2, 0.25) is 5.02 Å². The molecule has 0 amide bonds. The number of rotatable bonds is 8. The fraction of sp³-hybridized carbons (Fsp3) is 0.476. The van der Waals surface area contributed by atoms with Crippen molar-refractivity contribution in [3.63, 3.8) is 0 Å². The van der Waals surface area contributed by atoms with Gasteiger partial charge in [-0.05, 0) is 37.0 Å². The van der Waals surface area contributed by atoms with E-state index in [1.165, 1.54) is 0 Å². The number of nitrogens with one attached hydrogen (secondary N) is 1. The zero-order valence-electron chi connectivity index (χ0n) is 15.7. The van der Waals surface area contributed by atoms with Gasteiger partial charge >= 0.3 is 0 Å². The number of aliphatic hydroxyl groups is 1. The molecule has 0 unspecified atom stereocenters. The maximum Gasteiger partial charge on any atom is 0.118 e. The molecule has 5 nitrogen and oxygen atoms in total. The molecule has 146 valence electrons. The molecule has 0 bridgehead atoms. The molecular formula is C21H27ClN2O3. The Morgan fingerprint density at radius 1 is 1.33 bits per heavy atom. The Kier molecular flexibility index (Phi) is 7.21. The molecule has 6 heteroatoms. The predicted molar refractivity (Wildman–Crippen MR) is 107 cm³/mol. The lowest BCUT2D eigenvalue weighted by Crippen LogP contribution is -2.51. The van der Waals surface area contributed by atoms with E-state index in [0.29, 0.717) is 31.2 Å². The lowest BCUT2D eigenvalue weighted by molar-refractivity contribution is -0.129. The highest BCUT2D eigenvalue weighted by atomic mass is 35.5. The summed E-state index contributed by atoms with van der Waals surface area (Å²) >= 11 is 6.58. The lowest BCUT2D eigenvalue weighted by atomic mass is 9.79. The van der Waals surface area contributed by atoms with Crippen molar-refractivity contribution in [2.24, 2.45) is 0 Å². The number of aromatic nitrogens is 1. The SMILES string of the molecule is COCCCC[C@@](O)(c1cccc(Cl)c1-c1cccnc1)[C@H]1CNCCO1. The van der Waals surface area contributed by atoms with Crippen molar-refractivity contribution < 1.29 is 14.6 Å². The van der Waals surface area contributed by atoms with E-state index in [9.17, 15) is 5.11 Å². The van der Waals surface area contributed by atoms with Crippen LogP contribution in [0.4, 0.5) is 0 Å². The second-order valence-corrected chi connectivity index (χ2v) is 7.25. The summed E-state index contributed by atoms with van der Waals surface area (Å²) in [4.78, 5) is 4.22. The smallest absolute Gasteiger partial charge is 0.118 e. The maximum absolute atomic E-state index is 11.9. The third-order valence-electron chi connectivity index (χ3n) is 5.05. The number of hydrogen-bond donors (Lipinski definition) is 2. The van der Waals surface area contributed by atoms with E-state index in [1.807, 2.05) is 30.3 Å². The van der Waals surface area contributed by atoms with Crippen molar-refractivity contribution in [2.75, 3.05) is 33.4 Å². The van der Waals surface area contributed by atoms with Crippen LogP contribution in [0.3, 0.4) is 0 Å². The third-order valence-corrected chi connectivity index (χ3v) is 5.36. The van der Waals surface area contributed by atoms with E-state index in [-0.39, 0.29) is 6.10 Å². The van der Waals surface area contributed by atoms with Crippen LogP contribution in [0, 0.1) is 0 Å². The van der Waals surface area contributed by atoms with E-state index in [2.05, 4.69) is 10.3 Å². The van der Waals surface area contributed by atoms with Gasteiger partial charge in [-0.25, -0.2) is 0 Å². The molecule has 1 aromatic carbocycles. The summed E-state index contributed by atoms with van der Waals surface area (Å²) in [6.07, 6.45) is 5.42. The molecule has 0 radical (unpaired) electrons. The molecule has 2 N–H and O–H groups in total. The molecule has 1 aliphatic heterocycles. The lowest BCUT2D eigenvalue weighted by Gasteiger charge is -2.40. The zero-order chi connectivity index (χ0) is 19.1. The van der Waals surface area contributed by atoms with Crippen molar-refractivity contribution in [1.29, 1.82) is 0 Å². The molecule has 3 rings (SSSR count). The molecule has 1 fully saturated rings. The Morgan fingerprint density at radius 2 is 2.22 bits per heavy atom. The standard InChI is InChI=1S/C21H27ClN2O3/c1-26-12-3-2-9-21(25,19-15-24-11-13-27-19)17-7-4-8-18(22)20(17)16-6-5-10-23-14-16/h4-8,10,14,19,24-25H,2-3,9,11-13,15H2,1H3/t19-,21-/m1/s1. The van der Waals surface area contributed by atoms with Crippen LogP contribution in [0.25, 0.3) is 11.1 Å². The predicted octanol–water partition coefficient (Wildman–Crippen LogP) is 3.39. The molecule has 1 saturated heterocycles. The average Bonchev–Trinajstić information content (AvgIpc) is 2.72. The number of nitrogens with zero attached hydrogens (tertiary/aromatic N) is 1. The summed E-state index contributed by atoms with van der Waals surface area (Å²) in [5.74, 6) is 0. The topological polar surface area (TPSA) is 63.6 Å². The van der Waals surface area contributed by atoms with Crippen LogP contribution in [0.15, 0.2) is 42.7 Å². The summed E-state index contributed by atoms with van der Waals surface area (Å²) in [6.45, 7) is 2.64. The van der Waals surface area contributed by atoms with Crippen molar-refractivity contribution in [3.8, 4) is 11.1 Å². The first kappa shape index (κ1) is 20.2. The van der Waals surface area contributed by atoms with Gasteiger partial charge in [0, 0.05) is 55.3 Å². The van der Waals surface area contributed by atoms with Crippen molar-refractivity contribution in [2.45, 2.75) is 31.0 Å². The van der Waals surface area contributed by atoms with E-state index in [1.54, 1.807) is 19.5 Å². The number of benzene rings is 1. The fourth-order valence-electron chi connectivity index (χ4n) is 3.67. The van der Waals surface area contributed by atoms with Crippen molar-refractivity contribution in [3.05, 3.63) is 53.3 Å². The van der Waals surface area contributed by atoms with Gasteiger partial charge in [0.15, 0.2) is 0 Å². The van der Waals surface area contributed by atoms with E-state index < -0.39 is 5.60 Å². The largest absolute Gasteiger partial charge is 0.385 e. The third kappa shape index (κ3) is 4.68. The van der Waals surface area contributed by atoms with Crippen LogP contribution >= 0.6 is 11.6 Å². The minimum absolute atomic E-state index is 0.345. The van der Waals surface area contributed by atoms with Crippen molar-refractivity contribution >= 4 is 11.6 Å². The Bertz CT molecular complexity index is 723. The number of unbranched alkanes of at least 4 members (excludes halogenated alkanes) is 1. The van der Waals surface area contributed by atoms with Gasteiger partial charge in [0.1, 0.15) is 11.7 Å². The normalized spacial score (nSPS) is 19.6. The summed E-state index contributed by atoms with van der Waals surface area (Å²) < 4.78 is 11.1. The van der Waals surface area contributed by atoms with E-state index in [0.717, 1.165) is 36.1 Å². The maximum atomic E-state index is 11.9. The molecule has 27 heavy (non-hydrogen) atoms. The molecule has 1 aliphatic rings. The van der Waals surface area contributed by atoms with Crippen LogP contribution in [-0.4, -0.2) is 49.6 Å². The Morgan fingerprint density at radius 3 is 2.93 bits per heavy atom. The average molecular weight is 391 g/mol. The Hall–Kier alpha value is -1.50. The van der Waals surface area contributed by atoms with Crippen LogP contribution in [0.1, 0.15) is 24.8 Å². The first-order valence-electron chi connectivity index (χ1n) is 9.40. The second kappa shape index (κ2) is 9.62. The minimum atomic E-state index is -1.16. The van der Waals surface area contributed by atoms with Gasteiger partial charge in [0.25, 0.3) is 0 Å². The molecule has 0 aliphatic carbocycles. The molecule has 0 saturated carbocycles. The van der Waals surface area contributed by atoms with Gasteiger partial charge in [0.05, 0.1) is 6.61 Å². The highest BCUT2D eigenvalue weighted by Gasteiger charge is 2.41. The molecule has 2 heterocycles. The van der Waals surface area contributed by atoms with E-state index in [4.69, 9.17) is 21.1 Å². The second-order valence-electron chi connectivity index (χ2n) is 6.84. The molecule has 0 spiro atoms. The summed E-state index contributed by atoms with van der Waals surface area (Å²) in [6, 6.07) is 9.51. The van der Waals surface area contributed by atoms with Gasteiger partial charge in [-0.3, -0.25) is 4.98 Å². The van der Waals surface area contributed by atoms with Gasteiger partial charge < -0.3 is 19.9 Å². The number of ether oxygens (including phenoxy) is 2. The van der Waals surface area contributed by atoms with Crippen molar-refractivity contribution in [1.82, 2.24) is 10.3 Å². The number of morpholine rings is 1. The Labute approximate surface area is 165 Å². The van der Waals surface area contributed by atoms with Crippen LogP contribution in [-0.2, 0) is 15.1 Å². The van der Waals surface area contributed by atoms with Gasteiger partial charge in [-0.15, -0.1) is 0 Å². The number of pyridine rings is 1. The molecular weight excluding hydrogens is 364 g/mol. The molecule has 2 aromatic rings. The molecule has 2 atom stereocenters. The number of halogens is 1. The summed E-state index contributed by atoms with van der Waals surface area (Å²) in [5, 5.41) is 15.8. The first-order chi connectivity index (χ1) is 13.2. The Balaban J connectivity index is 2.02. The van der Waals surface area contributed by atoms with Crippen LogP contribution < -0.4 is 5.32 Å². The quantitative estimate of drug-likeness (QED) is 0.676. The zero-order valence-corrected chi connectivity index (χ0v) is 16.4. The van der Waals surface area contributed by atoms with Crippen LogP contribution in [0.5, 0.6) is 0 Å². The van der Waals surface area contributed by atoms with Gasteiger partial charge in [-0.2, -0.15) is 0 Å². The summed E-state index contributed by atoms with van der Waals surface area (Å²) in [7, 11) is 1.69. The minimum Gasteiger partial charge on any atom is -0.385 e. The fourth-order valence-corrected chi connectivity index (χ4v) is 3.95. The highest BCUT2D eigenvalue weighted by molar-refractivity contribution is 6.33. The van der Waals surface area contributed by atoms with Gasteiger partial charge in [-0.1, -0.05) is 29.8 Å². The highest BCUT2D eigenvalue weighted by Crippen LogP contribution is 2.42. The number of methoxy groups -OCH3 is 1. The molecule has 1 aromatic heterocycles. The van der Waals surface area contributed by atoms with Gasteiger partial charge in [0.2, 0.25) is 0 Å². The first-order valence-corrected chi connectivity index (χ1v) is 9.77. The summed E-state index contributed by atoms with van der Waals surface area (Å²) in [5.41, 5.74) is 1.33. The monoisotopic (exact) mass is 390 g/mol.